The van der Waals surface area contributed by atoms with Crippen LogP contribution in [-0.2, 0) is 9.53 Å². The maximum absolute atomic E-state index is 11.9. The minimum absolute atomic E-state index is 0.0305. The lowest BCUT2D eigenvalue weighted by Gasteiger charge is -2.31. The minimum Gasteiger partial charge on any atom is -0.460 e. The van der Waals surface area contributed by atoms with Crippen LogP contribution in [0.4, 0.5) is 0 Å². The van der Waals surface area contributed by atoms with Crippen LogP contribution in [0.15, 0.2) is 0 Å². The third kappa shape index (κ3) is 3.82. The lowest BCUT2D eigenvalue weighted by Crippen LogP contribution is -2.37. The van der Waals surface area contributed by atoms with E-state index in [0.29, 0.717) is 12.5 Å². The number of rotatable bonds is 2. The fourth-order valence-corrected chi connectivity index (χ4v) is 2.18. The lowest BCUT2D eigenvalue weighted by atomic mass is 9.79. The predicted molar refractivity (Wildman–Crippen MR) is 60.3 cm³/mol. The number of hydrogen-bond donors (Lipinski definition) is 1. The van der Waals surface area contributed by atoms with Gasteiger partial charge in [0, 0.05) is 0 Å². The summed E-state index contributed by atoms with van der Waals surface area (Å²) < 4.78 is 5.41. The summed E-state index contributed by atoms with van der Waals surface area (Å²) in [5, 5.41) is 0. The van der Waals surface area contributed by atoms with Crippen LogP contribution >= 0.6 is 0 Å². The molecule has 0 aromatic heterocycles. The quantitative estimate of drug-likeness (QED) is 0.715. The van der Waals surface area contributed by atoms with Crippen LogP contribution in [0.5, 0.6) is 0 Å². The Labute approximate surface area is 92.4 Å². The smallest absolute Gasteiger partial charge is 0.309 e. The molecule has 1 rings (SSSR count). The molecule has 1 aliphatic carbocycles. The molecule has 3 heteroatoms. The monoisotopic (exact) mass is 213 g/mol. The van der Waals surface area contributed by atoms with Crippen LogP contribution in [0.3, 0.4) is 0 Å². The van der Waals surface area contributed by atoms with Crippen LogP contribution in [0, 0.1) is 11.8 Å². The standard InChI is InChI=1S/C12H23NO2/c1-12(2,3)15-11(14)10-7-5-4-6-9(10)8-13/h9-10H,4-8,13H2,1-3H3. The third-order valence-electron chi connectivity index (χ3n) is 2.92. The van der Waals surface area contributed by atoms with Crippen molar-refractivity contribution in [3.05, 3.63) is 0 Å². The highest BCUT2D eigenvalue weighted by Crippen LogP contribution is 2.31. The highest BCUT2D eigenvalue weighted by Gasteiger charge is 2.33. The van der Waals surface area contributed by atoms with Crippen molar-refractivity contribution in [2.75, 3.05) is 6.54 Å². The molecular formula is C12H23NO2. The van der Waals surface area contributed by atoms with Gasteiger partial charge in [0.2, 0.25) is 0 Å². The van der Waals surface area contributed by atoms with E-state index >= 15 is 0 Å². The van der Waals surface area contributed by atoms with Crippen molar-refractivity contribution >= 4 is 5.97 Å². The van der Waals surface area contributed by atoms with Gasteiger partial charge in [-0.2, -0.15) is 0 Å². The maximum atomic E-state index is 11.9. The molecule has 0 aromatic carbocycles. The number of carbonyl (C=O) groups is 1. The van der Waals surface area contributed by atoms with Crippen LogP contribution in [0.2, 0.25) is 0 Å². The van der Waals surface area contributed by atoms with Gasteiger partial charge in [0.05, 0.1) is 5.92 Å². The van der Waals surface area contributed by atoms with Crippen molar-refractivity contribution in [2.45, 2.75) is 52.1 Å². The van der Waals surface area contributed by atoms with Gasteiger partial charge in [-0.25, -0.2) is 0 Å². The summed E-state index contributed by atoms with van der Waals surface area (Å²) in [6.45, 7) is 6.32. The highest BCUT2D eigenvalue weighted by molar-refractivity contribution is 5.73. The van der Waals surface area contributed by atoms with E-state index in [0.717, 1.165) is 19.3 Å². The molecule has 3 nitrogen and oxygen atoms in total. The Hall–Kier alpha value is -0.570. The summed E-state index contributed by atoms with van der Waals surface area (Å²) in [4.78, 5) is 11.9. The van der Waals surface area contributed by atoms with Gasteiger partial charge < -0.3 is 10.5 Å². The molecule has 15 heavy (non-hydrogen) atoms. The first-order valence-electron chi connectivity index (χ1n) is 5.87. The van der Waals surface area contributed by atoms with Gasteiger partial charge in [-0.3, -0.25) is 4.79 Å². The van der Waals surface area contributed by atoms with Crippen LogP contribution in [0.25, 0.3) is 0 Å². The van der Waals surface area contributed by atoms with Crippen molar-refractivity contribution in [1.29, 1.82) is 0 Å². The molecule has 0 heterocycles. The van der Waals surface area contributed by atoms with Crippen LogP contribution in [-0.4, -0.2) is 18.1 Å². The molecular weight excluding hydrogens is 190 g/mol. The lowest BCUT2D eigenvalue weighted by molar-refractivity contribution is -0.163. The second-order valence-corrected chi connectivity index (χ2v) is 5.42. The number of nitrogens with two attached hydrogens (primary N) is 1. The van der Waals surface area contributed by atoms with E-state index in [9.17, 15) is 4.79 Å². The van der Waals surface area contributed by atoms with Gasteiger partial charge in [-0.15, -0.1) is 0 Å². The molecule has 0 amide bonds. The molecule has 0 radical (unpaired) electrons. The molecule has 2 unspecified atom stereocenters. The summed E-state index contributed by atoms with van der Waals surface area (Å²) in [6.07, 6.45) is 4.33. The van der Waals surface area contributed by atoms with E-state index in [-0.39, 0.29) is 17.5 Å². The molecule has 2 atom stereocenters. The Bertz CT molecular complexity index is 220. The van der Waals surface area contributed by atoms with Gasteiger partial charge in [-0.1, -0.05) is 12.8 Å². The molecule has 0 bridgehead atoms. The maximum Gasteiger partial charge on any atom is 0.309 e. The second-order valence-electron chi connectivity index (χ2n) is 5.42. The highest BCUT2D eigenvalue weighted by atomic mass is 16.6. The fourth-order valence-electron chi connectivity index (χ4n) is 2.18. The first kappa shape index (κ1) is 12.5. The molecule has 88 valence electrons. The van der Waals surface area contributed by atoms with Crippen molar-refractivity contribution in [3.8, 4) is 0 Å². The van der Waals surface area contributed by atoms with E-state index in [1.54, 1.807) is 0 Å². The average molecular weight is 213 g/mol. The Morgan fingerprint density at radius 3 is 2.47 bits per heavy atom. The first-order valence-corrected chi connectivity index (χ1v) is 5.87. The zero-order valence-electron chi connectivity index (χ0n) is 10.1. The molecule has 0 aliphatic heterocycles. The summed E-state index contributed by atoms with van der Waals surface area (Å²) in [5.74, 6) is 0.300. The molecule has 0 aromatic rings. The third-order valence-corrected chi connectivity index (χ3v) is 2.92. The SMILES string of the molecule is CC(C)(C)OC(=O)C1CCCCC1CN. The van der Waals surface area contributed by atoms with Crippen molar-refractivity contribution in [3.63, 3.8) is 0 Å². The Balaban J connectivity index is 2.56. The molecule has 0 saturated heterocycles. The largest absolute Gasteiger partial charge is 0.460 e. The van der Waals surface area contributed by atoms with Crippen molar-refractivity contribution in [2.24, 2.45) is 17.6 Å². The van der Waals surface area contributed by atoms with Crippen molar-refractivity contribution in [1.82, 2.24) is 0 Å². The summed E-state index contributed by atoms with van der Waals surface area (Å²) in [5.41, 5.74) is 5.31. The van der Waals surface area contributed by atoms with Gasteiger partial charge in [-0.05, 0) is 46.1 Å². The minimum atomic E-state index is -0.381. The normalized spacial score (nSPS) is 27.5. The first-order chi connectivity index (χ1) is 6.94. The number of carbonyl (C=O) groups excluding carboxylic acids is 1. The Morgan fingerprint density at radius 1 is 1.33 bits per heavy atom. The van der Waals surface area contributed by atoms with E-state index in [1.807, 2.05) is 20.8 Å². The van der Waals surface area contributed by atoms with Gasteiger partial charge in [0.25, 0.3) is 0 Å². The Kier molecular flexibility index (Phi) is 4.14. The molecule has 0 spiro atoms. The fraction of sp³-hybridized carbons (Fsp3) is 0.917. The van der Waals surface area contributed by atoms with E-state index in [4.69, 9.17) is 10.5 Å². The molecule has 1 fully saturated rings. The second kappa shape index (κ2) is 4.97. The zero-order chi connectivity index (χ0) is 11.5. The van der Waals surface area contributed by atoms with E-state index in [2.05, 4.69) is 0 Å². The molecule has 1 aliphatic rings. The van der Waals surface area contributed by atoms with Gasteiger partial charge in [0.1, 0.15) is 5.60 Å². The van der Waals surface area contributed by atoms with E-state index in [1.165, 1.54) is 6.42 Å². The van der Waals surface area contributed by atoms with E-state index < -0.39 is 0 Å². The summed E-state index contributed by atoms with van der Waals surface area (Å²) in [6, 6.07) is 0. The topological polar surface area (TPSA) is 52.3 Å². The molecule has 1 saturated carbocycles. The Morgan fingerprint density at radius 2 is 1.93 bits per heavy atom. The van der Waals surface area contributed by atoms with Gasteiger partial charge >= 0.3 is 5.97 Å². The number of esters is 1. The molecule has 2 N–H and O–H groups in total. The van der Waals surface area contributed by atoms with Crippen LogP contribution in [0.1, 0.15) is 46.5 Å². The number of ether oxygens (including phenoxy) is 1. The van der Waals surface area contributed by atoms with Gasteiger partial charge in [0.15, 0.2) is 0 Å². The van der Waals surface area contributed by atoms with Crippen LogP contribution < -0.4 is 5.73 Å². The van der Waals surface area contributed by atoms with Crippen molar-refractivity contribution < 1.29 is 9.53 Å². The predicted octanol–water partition coefficient (Wildman–Crippen LogP) is 2.09. The average Bonchev–Trinajstić information content (AvgIpc) is 2.15. The zero-order valence-corrected chi connectivity index (χ0v) is 10.1. The summed E-state index contributed by atoms with van der Waals surface area (Å²) in [7, 11) is 0. The summed E-state index contributed by atoms with van der Waals surface area (Å²) >= 11 is 0. The number of hydrogen-bond acceptors (Lipinski definition) is 3.